The van der Waals surface area contributed by atoms with Crippen molar-refractivity contribution in [2.45, 2.75) is 38.6 Å². The summed E-state index contributed by atoms with van der Waals surface area (Å²) < 4.78 is 0. The fraction of sp³-hybridized carbons (Fsp3) is 0.615. The SMILES string of the molecule is CC1CCC(N(C)c2ccc(Cl)cn2)CC1. The molecule has 0 bridgehead atoms. The van der Waals surface area contributed by atoms with Gasteiger partial charge >= 0.3 is 0 Å². The van der Waals surface area contributed by atoms with Crippen molar-refractivity contribution >= 4 is 17.4 Å². The number of nitrogens with zero attached hydrogens (tertiary/aromatic N) is 2. The van der Waals surface area contributed by atoms with Crippen LogP contribution in [0.25, 0.3) is 0 Å². The topological polar surface area (TPSA) is 16.1 Å². The van der Waals surface area contributed by atoms with Crippen molar-refractivity contribution in [2.75, 3.05) is 11.9 Å². The first-order valence-corrected chi connectivity index (χ1v) is 6.39. The van der Waals surface area contributed by atoms with E-state index in [2.05, 4.69) is 23.9 Å². The van der Waals surface area contributed by atoms with E-state index < -0.39 is 0 Å². The average Bonchev–Trinajstić information content (AvgIpc) is 2.30. The first-order chi connectivity index (χ1) is 7.66. The summed E-state index contributed by atoms with van der Waals surface area (Å²) in [6.45, 7) is 2.34. The normalized spacial score (nSPS) is 25.4. The lowest BCUT2D eigenvalue weighted by atomic mass is 9.87. The lowest BCUT2D eigenvalue weighted by Gasteiger charge is -2.34. The average molecular weight is 239 g/mol. The number of rotatable bonds is 2. The third-order valence-electron chi connectivity index (χ3n) is 3.61. The maximum absolute atomic E-state index is 5.84. The summed E-state index contributed by atoms with van der Waals surface area (Å²) in [4.78, 5) is 6.66. The van der Waals surface area contributed by atoms with E-state index in [-0.39, 0.29) is 0 Å². The minimum absolute atomic E-state index is 0.643. The van der Waals surface area contributed by atoms with Gasteiger partial charge in [-0.15, -0.1) is 0 Å². The highest BCUT2D eigenvalue weighted by molar-refractivity contribution is 6.30. The summed E-state index contributed by atoms with van der Waals surface area (Å²) in [6.07, 6.45) is 6.95. The molecule has 0 spiro atoms. The number of anilines is 1. The van der Waals surface area contributed by atoms with E-state index in [0.29, 0.717) is 11.1 Å². The molecular weight excluding hydrogens is 220 g/mol. The maximum Gasteiger partial charge on any atom is 0.128 e. The van der Waals surface area contributed by atoms with Gasteiger partial charge < -0.3 is 4.90 Å². The lowest BCUT2D eigenvalue weighted by molar-refractivity contribution is 0.340. The predicted molar refractivity (Wildman–Crippen MR) is 69.1 cm³/mol. The molecule has 3 heteroatoms. The molecule has 0 N–H and O–H groups in total. The number of hydrogen-bond donors (Lipinski definition) is 0. The molecule has 1 aromatic heterocycles. The molecule has 1 aliphatic rings. The molecule has 88 valence electrons. The van der Waals surface area contributed by atoms with Gasteiger partial charge in [0.1, 0.15) is 5.82 Å². The van der Waals surface area contributed by atoms with E-state index in [1.807, 2.05) is 12.1 Å². The summed E-state index contributed by atoms with van der Waals surface area (Å²) >= 11 is 5.84. The quantitative estimate of drug-likeness (QED) is 0.780. The van der Waals surface area contributed by atoms with Crippen LogP contribution in [0.3, 0.4) is 0 Å². The third-order valence-corrected chi connectivity index (χ3v) is 3.83. The molecule has 2 nitrogen and oxygen atoms in total. The molecule has 0 aromatic carbocycles. The Kier molecular flexibility index (Phi) is 3.70. The molecule has 16 heavy (non-hydrogen) atoms. The largest absolute Gasteiger partial charge is 0.357 e. The van der Waals surface area contributed by atoms with Crippen molar-refractivity contribution in [1.29, 1.82) is 0 Å². The molecule has 1 aliphatic carbocycles. The maximum atomic E-state index is 5.84. The third kappa shape index (κ3) is 2.67. The predicted octanol–water partition coefficient (Wildman–Crippen LogP) is 3.75. The Bertz CT molecular complexity index is 328. The van der Waals surface area contributed by atoms with Crippen LogP contribution in [-0.2, 0) is 0 Å². The summed E-state index contributed by atoms with van der Waals surface area (Å²) in [6, 6.07) is 4.55. The van der Waals surface area contributed by atoms with Gasteiger partial charge in [0.2, 0.25) is 0 Å². The van der Waals surface area contributed by atoms with Crippen LogP contribution in [0.4, 0.5) is 5.82 Å². The second-order valence-corrected chi connectivity index (χ2v) is 5.30. The monoisotopic (exact) mass is 238 g/mol. The summed E-state index contributed by atoms with van der Waals surface area (Å²) in [7, 11) is 2.14. The minimum Gasteiger partial charge on any atom is -0.357 e. The Labute approximate surface area is 103 Å². The smallest absolute Gasteiger partial charge is 0.128 e. The van der Waals surface area contributed by atoms with Gasteiger partial charge in [-0.05, 0) is 43.7 Å². The zero-order valence-electron chi connectivity index (χ0n) is 9.99. The zero-order chi connectivity index (χ0) is 11.5. The van der Waals surface area contributed by atoms with Gasteiger partial charge in [-0.3, -0.25) is 0 Å². The van der Waals surface area contributed by atoms with Gasteiger partial charge in [0.15, 0.2) is 0 Å². The van der Waals surface area contributed by atoms with Crippen LogP contribution in [0.1, 0.15) is 32.6 Å². The molecule has 0 unspecified atom stereocenters. The van der Waals surface area contributed by atoms with Gasteiger partial charge in [-0.1, -0.05) is 18.5 Å². The van der Waals surface area contributed by atoms with Crippen molar-refractivity contribution in [3.05, 3.63) is 23.4 Å². The molecule has 1 fully saturated rings. The number of hydrogen-bond acceptors (Lipinski definition) is 2. The Balaban J connectivity index is 2.01. The van der Waals surface area contributed by atoms with Crippen LogP contribution < -0.4 is 4.90 Å². The van der Waals surface area contributed by atoms with Crippen molar-refractivity contribution in [2.24, 2.45) is 5.92 Å². The van der Waals surface area contributed by atoms with E-state index in [0.717, 1.165) is 11.7 Å². The zero-order valence-corrected chi connectivity index (χ0v) is 10.7. The summed E-state index contributed by atoms with van der Waals surface area (Å²) in [5, 5.41) is 0.703. The van der Waals surface area contributed by atoms with Gasteiger partial charge in [0.25, 0.3) is 0 Å². The Morgan fingerprint density at radius 2 is 1.94 bits per heavy atom. The second kappa shape index (κ2) is 5.05. The molecule has 1 heterocycles. The van der Waals surface area contributed by atoms with Crippen LogP contribution in [0.15, 0.2) is 18.3 Å². The highest BCUT2D eigenvalue weighted by atomic mass is 35.5. The van der Waals surface area contributed by atoms with Crippen LogP contribution in [0.2, 0.25) is 5.02 Å². The van der Waals surface area contributed by atoms with E-state index >= 15 is 0 Å². The summed E-state index contributed by atoms with van der Waals surface area (Å²) in [5.41, 5.74) is 0. The van der Waals surface area contributed by atoms with E-state index in [9.17, 15) is 0 Å². The first kappa shape index (κ1) is 11.7. The fourth-order valence-electron chi connectivity index (χ4n) is 2.39. The van der Waals surface area contributed by atoms with Crippen molar-refractivity contribution in [1.82, 2.24) is 4.98 Å². The number of aromatic nitrogens is 1. The second-order valence-electron chi connectivity index (χ2n) is 4.86. The van der Waals surface area contributed by atoms with Crippen LogP contribution in [0.5, 0.6) is 0 Å². The standard InChI is InChI=1S/C13H19ClN2/c1-10-3-6-12(7-4-10)16(2)13-8-5-11(14)9-15-13/h5,8-10,12H,3-4,6-7H2,1-2H3. The van der Waals surface area contributed by atoms with Crippen LogP contribution in [-0.4, -0.2) is 18.1 Å². The molecule has 0 radical (unpaired) electrons. The Hall–Kier alpha value is -0.760. The van der Waals surface area contributed by atoms with Gasteiger partial charge in [-0.25, -0.2) is 4.98 Å². The summed E-state index contributed by atoms with van der Waals surface area (Å²) in [5.74, 6) is 1.92. The van der Waals surface area contributed by atoms with E-state index in [1.165, 1.54) is 25.7 Å². The molecule has 0 atom stereocenters. The molecular formula is C13H19ClN2. The molecule has 2 rings (SSSR count). The molecule has 0 aliphatic heterocycles. The molecule has 1 aromatic rings. The highest BCUT2D eigenvalue weighted by Crippen LogP contribution is 2.28. The van der Waals surface area contributed by atoms with Crippen molar-refractivity contribution in [3.63, 3.8) is 0 Å². The van der Waals surface area contributed by atoms with Gasteiger partial charge in [0, 0.05) is 19.3 Å². The van der Waals surface area contributed by atoms with E-state index in [4.69, 9.17) is 11.6 Å². The number of pyridine rings is 1. The van der Waals surface area contributed by atoms with Crippen LogP contribution >= 0.6 is 11.6 Å². The Morgan fingerprint density at radius 1 is 1.25 bits per heavy atom. The lowest BCUT2D eigenvalue weighted by Crippen LogP contribution is -2.35. The molecule has 0 amide bonds. The molecule has 0 saturated heterocycles. The Morgan fingerprint density at radius 3 is 2.50 bits per heavy atom. The van der Waals surface area contributed by atoms with Crippen molar-refractivity contribution < 1.29 is 0 Å². The minimum atomic E-state index is 0.643. The first-order valence-electron chi connectivity index (χ1n) is 6.01. The van der Waals surface area contributed by atoms with Gasteiger partial charge in [0.05, 0.1) is 5.02 Å². The highest BCUT2D eigenvalue weighted by Gasteiger charge is 2.22. The van der Waals surface area contributed by atoms with Crippen molar-refractivity contribution in [3.8, 4) is 0 Å². The molecule has 1 saturated carbocycles. The van der Waals surface area contributed by atoms with Crippen LogP contribution in [0, 0.1) is 5.92 Å². The van der Waals surface area contributed by atoms with Gasteiger partial charge in [-0.2, -0.15) is 0 Å². The number of halogens is 1. The fourth-order valence-corrected chi connectivity index (χ4v) is 2.51. The van der Waals surface area contributed by atoms with E-state index in [1.54, 1.807) is 6.20 Å².